The van der Waals surface area contributed by atoms with E-state index in [0.717, 1.165) is 48.3 Å². The number of unbranched alkanes of at least 4 members (excludes halogenated alkanes) is 4. The highest BCUT2D eigenvalue weighted by Gasteiger charge is 2.41. The fraction of sp³-hybridized carbons (Fsp3) is 0.960. The number of hydrogen-bond acceptors (Lipinski definition) is 1. The van der Waals surface area contributed by atoms with Crippen molar-refractivity contribution in [3.8, 4) is 0 Å². The van der Waals surface area contributed by atoms with E-state index in [9.17, 15) is 4.79 Å². The molecule has 2 heteroatoms. The Bertz CT molecular complexity index is 446. The van der Waals surface area contributed by atoms with E-state index in [2.05, 4.69) is 6.92 Å². The van der Waals surface area contributed by atoms with Crippen LogP contribution in [0.15, 0.2) is 0 Å². The zero-order valence-corrected chi connectivity index (χ0v) is 17.8. The summed E-state index contributed by atoms with van der Waals surface area (Å²) in [4.78, 5) is 10.5. The van der Waals surface area contributed by atoms with E-state index in [1.54, 1.807) is 12.8 Å². The van der Waals surface area contributed by atoms with Gasteiger partial charge in [-0.3, -0.25) is 4.79 Å². The third-order valence-electron chi connectivity index (χ3n) is 8.56. The van der Waals surface area contributed by atoms with Crippen molar-refractivity contribution < 1.29 is 9.90 Å². The van der Waals surface area contributed by atoms with Crippen LogP contribution in [0.1, 0.15) is 116 Å². The smallest absolute Gasteiger partial charge is 0.303 e. The molecule has 0 spiro atoms. The highest BCUT2D eigenvalue weighted by molar-refractivity contribution is 5.66. The van der Waals surface area contributed by atoms with Gasteiger partial charge in [0.1, 0.15) is 0 Å². The van der Waals surface area contributed by atoms with Crippen LogP contribution in [0, 0.1) is 35.5 Å². The maximum Gasteiger partial charge on any atom is 0.303 e. The van der Waals surface area contributed by atoms with Gasteiger partial charge < -0.3 is 5.11 Å². The van der Waals surface area contributed by atoms with Gasteiger partial charge in [-0.15, -0.1) is 0 Å². The van der Waals surface area contributed by atoms with Crippen molar-refractivity contribution in [2.75, 3.05) is 0 Å². The van der Waals surface area contributed by atoms with Crippen LogP contribution in [0.25, 0.3) is 0 Å². The molecule has 0 bridgehead atoms. The first-order valence-corrected chi connectivity index (χ1v) is 12.4. The third kappa shape index (κ3) is 6.23. The van der Waals surface area contributed by atoms with Gasteiger partial charge in [-0.2, -0.15) is 0 Å². The molecule has 3 aliphatic carbocycles. The van der Waals surface area contributed by atoms with Gasteiger partial charge in [0.25, 0.3) is 0 Å². The Morgan fingerprint density at radius 1 is 0.667 bits per heavy atom. The van der Waals surface area contributed by atoms with Gasteiger partial charge in [-0.1, -0.05) is 51.9 Å². The molecule has 1 N–H and O–H groups in total. The van der Waals surface area contributed by atoms with Gasteiger partial charge in [0.15, 0.2) is 0 Å². The number of carboxylic acids is 1. The Labute approximate surface area is 167 Å². The molecule has 3 rings (SSSR count). The number of rotatable bonds is 14. The Kier molecular flexibility index (Phi) is 8.52. The van der Waals surface area contributed by atoms with Crippen LogP contribution in [-0.4, -0.2) is 11.1 Å². The zero-order valence-electron chi connectivity index (χ0n) is 17.8. The number of carboxylic acid groups (broad SMARTS) is 1. The number of hydrogen-bond donors (Lipinski definition) is 1. The predicted molar refractivity (Wildman–Crippen MR) is 113 cm³/mol. The molecule has 0 amide bonds. The Hall–Kier alpha value is -0.530. The molecule has 3 aliphatic rings. The normalized spacial score (nSPS) is 35.1. The molecule has 6 unspecified atom stereocenters. The molecule has 0 aliphatic heterocycles. The Morgan fingerprint density at radius 2 is 1.11 bits per heavy atom. The molecule has 27 heavy (non-hydrogen) atoms. The monoisotopic (exact) mass is 376 g/mol. The molecule has 0 saturated heterocycles. The predicted octanol–water partition coefficient (Wildman–Crippen LogP) is 7.46. The Balaban J connectivity index is 1.24. The van der Waals surface area contributed by atoms with Gasteiger partial charge in [0.2, 0.25) is 0 Å². The fourth-order valence-electron chi connectivity index (χ4n) is 6.28. The van der Waals surface area contributed by atoms with Gasteiger partial charge in [-0.05, 0) is 93.3 Å². The lowest BCUT2D eigenvalue weighted by atomic mass is 9.58. The standard InChI is InChI=1S/C25H44O2/c1-2-8-19-11-13-21(19)17-23-15-16-24(23)18-22-14-12-20(22)9-6-4-3-5-7-10-25(26)27/h19-24H,2-18H2,1H3,(H,26,27). The summed E-state index contributed by atoms with van der Waals surface area (Å²) in [6, 6.07) is 0. The summed E-state index contributed by atoms with van der Waals surface area (Å²) in [5.41, 5.74) is 0. The summed E-state index contributed by atoms with van der Waals surface area (Å²) in [5.74, 6) is 5.79. The van der Waals surface area contributed by atoms with Crippen LogP contribution in [0.4, 0.5) is 0 Å². The zero-order chi connectivity index (χ0) is 19.1. The minimum absolute atomic E-state index is 0.354. The second kappa shape index (κ2) is 10.9. The lowest BCUT2D eigenvalue weighted by molar-refractivity contribution is -0.137. The highest BCUT2D eigenvalue weighted by atomic mass is 16.4. The maximum absolute atomic E-state index is 10.5. The molecule has 0 heterocycles. The molecular weight excluding hydrogens is 332 g/mol. The first-order valence-electron chi connectivity index (χ1n) is 12.4. The number of carbonyl (C=O) groups is 1. The van der Waals surface area contributed by atoms with Gasteiger partial charge >= 0.3 is 5.97 Å². The van der Waals surface area contributed by atoms with E-state index in [1.165, 1.54) is 77.0 Å². The van der Waals surface area contributed by atoms with Crippen molar-refractivity contribution in [1.29, 1.82) is 0 Å². The first-order chi connectivity index (χ1) is 13.2. The van der Waals surface area contributed by atoms with Crippen molar-refractivity contribution in [3.63, 3.8) is 0 Å². The van der Waals surface area contributed by atoms with Gasteiger partial charge in [-0.25, -0.2) is 0 Å². The van der Waals surface area contributed by atoms with E-state index in [-0.39, 0.29) is 0 Å². The molecule has 156 valence electrons. The average Bonchev–Trinajstić information content (AvgIpc) is 2.59. The summed E-state index contributed by atoms with van der Waals surface area (Å²) in [6.45, 7) is 2.36. The molecule has 3 saturated carbocycles. The van der Waals surface area contributed by atoms with Crippen molar-refractivity contribution >= 4 is 5.97 Å². The maximum atomic E-state index is 10.5. The van der Waals surface area contributed by atoms with Crippen LogP contribution in [0.3, 0.4) is 0 Å². The molecule has 0 aromatic heterocycles. The summed E-state index contributed by atoms with van der Waals surface area (Å²) < 4.78 is 0. The fourth-order valence-corrected chi connectivity index (χ4v) is 6.28. The molecule has 3 fully saturated rings. The highest BCUT2D eigenvalue weighted by Crippen LogP contribution is 2.52. The summed E-state index contributed by atoms with van der Waals surface area (Å²) >= 11 is 0. The molecule has 2 nitrogen and oxygen atoms in total. The topological polar surface area (TPSA) is 37.3 Å². The summed E-state index contributed by atoms with van der Waals surface area (Å²) in [7, 11) is 0. The lowest BCUT2D eigenvalue weighted by Gasteiger charge is -2.48. The minimum Gasteiger partial charge on any atom is -0.481 e. The van der Waals surface area contributed by atoms with Crippen LogP contribution >= 0.6 is 0 Å². The van der Waals surface area contributed by atoms with Crippen molar-refractivity contribution in [2.45, 2.75) is 116 Å². The quantitative estimate of drug-likeness (QED) is 0.319. The molecule has 0 aromatic rings. The SMILES string of the molecule is CCCC1CCC1CC1CCC1CC1CCC1CCCCCCCC(=O)O. The van der Waals surface area contributed by atoms with Crippen LogP contribution in [-0.2, 0) is 4.79 Å². The average molecular weight is 377 g/mol. The van der Waals surface area contributed by atoms with Crippen molar-refractivity contribution in [3.05, 3.63) is 0 Å². The van der Waals surface area contributed by atoms with Gasteiger partial charge in [0, 0.05) is 6.42 Å². The van der Waals surface area contributed by atoms with Crippen LogP contribution in [0.5, 0.6) is 0 Å². The molecular formula is C25H44O2. The van der Waals surface area contributed by atoms with E-state index in [4.69, 9.17) is 5.11 Å². The first kappa shape index (κ1) is 21.2. The molecule has 6 atom stereocenters. The van der Waals surface area contributed by atoms with E-state index < -0.39 is 5.97 Å². The second-order valence-corrected chi connectivity index (χ2v) is 10.3. The van der Waals surface area contributed by atoms with E-state index in [1.807, 2.05) is 0 Å². The molecule has 0 aromatic carbocycles. The Morgan fingerprint density at radius 3 is 1.59 bits per heavy atom. The lowest BCUT2D eigenvalue weighted by Crippen LogP contribution is -2.37. The third-order valence-corrected chi connectivity index (χ3v) is 8.56. The van der Waals surface area contributed by atoms with Crippen molar-refractivity contribution in [1.82, 2.24) is 0 Å². The van der Waals surface area contributed by atoms with E-state index in [0.29, 0.717) is 6.42 Å². The van der Waals surface area contributed by atoms with Gasteiger partial charge in [0.05, 0.1) is 0 Å². The second-order valence-electron chi connectivity index (χ2n) is 10.3. The summed E-state index contributed by atoms with van der Waals surface area (Å²) in [6.07, 6.45) is 22.8. The largest absolute Gasteiger partial charge is 0.481 e. The summed E-state index contributed by atoms with van der Waals surface area (Å²) in [5, 5.41) is 8.68. The van der Waals surface area contributed by atoms with E-state index >= 15 is 0 Å². The minimum atomic E-state index is -0.639. The number of aliphatic carboxylic acids is 1. The van der Waals surface area contributed by atoms with Crippen LogP contribution < -0.4 is 0 Å². The molecule has 0 radical (unpaired) electrons. The van der Waals surface area contributed by atoms with Crippen LogP contribution in [0.2, 0.25) is 0 Å². The van der Waals surface area contributed by atoms with Crippen molar-refractivity contribution in [2.24, 2.45) is 35.5 Å².